The van der Waals surface area contributed by atoms with E-state index in [0.29, 0.717) is 0 Å². The van der Waals surface area contributed by atoms with Crippen molar-refractivity contribution in [1.82, 2.24) is 25.9 Å². The number of nitrogens with one attached hydrogen (secondary N) is 4. The molecular weight excluding hydrogens is 330 g/mol. The van der Waals surface area contributed by atoms with E-state index in [2.05, 4.69) is 25.9 Å². The van der Waals surface area contributed by atoms with Gasteiger partial charge in [0.2, 0.25) is 11.8 Å². The minimum absolute atomic E-state index is 0.0663. The third-order valence-electron chi connectivity index (χ3n) is 5.32. The Morgan fingerprint density at radius 2 is 2.00 bits per heavy atom. The lowest BCUT2D eigenvalue weighted by Gasteiger charge is -2.25. The van der Waals surface area contributed by atoms with E-state index in [4.69, 9.17) is 0 Å². The first-order valence-corrected chi connectivity index (χ1v) is 9.38. The third-order valence-corrected chi connectivity index (χ3v) is 5.32. The number of aromatic nitrogens is 2. The topological polar surface area (TPSA) is 98.9 Å². The number of piperidine rings is 1. The first-order valence-electron chi connectivity index (χ1n) is 9.38. The molecule has 1 aromatic carbocycles. The van der Waals surface area contributed by atoms with Gasteiger partial charge < -0.3 is 20.9 Å². The molecule has 7 nitrogen and oxygen atoms in total. The van der Waals surface area contributed by atoms with Crippen molar-refractivity contribution in [2.24, 2.45) is 5.92 Å². The molecule has 26 heavy (non-hydrogen) atoms. The lowest BCUT2D eigenvalue weighted by atomic mass is 10.1. The van der Waals surface area contributed by atoms with E-state index in [9.17, 15) is 9.59 Å². The highest BCUT2D eigenvalue weighted by Crippen LogP contribution is 2.46. The maximum atomic E-state index is 12.5. The molecular formula is C19H25N5O2. The number of aromatic amines is 1. The summed E-state index contributed by atoms with van der Waals surface area (Å²) in [6.45, 7) is 3.59. The number of fused-ring (bicyclic) bond motifs is 1. The Labute approximate surface area is 152 Å². The van der Waals surface area contributed by atoms with Crippen LogP contribution in [-0.4, -0.2) is 47.0 Å². The largest absolute Gasteiger partial charge is 0.351 e. The van der Waals surface area contributed by atoms with Crippen molar-refractivity contribution in [3.05, 3.63) is 30.1 Å². The number of carbonyl (C=O) groups excluding carboxylic acids is 2. The lowest BCUT2D eigenvalue weighted by molar-refractivity contribution is -0.129. The van der Waals surface area contributed by atoms with E-state index in [1.807, 2.05) is 24.3 Å². The fourth-order valence-electron chi connectivity index (χ4n) is 3.61. The molecule has 2 heterocycles. The predicted octanol–water partition coefficient (Wildman–Crippen LogP) is 1.04. The molecule has 1 aliphatic carbocycles. The molecule has 0 radical (unpaired) electrons. The van der Waals surface area contributed by atoms with Gasteiger partial charge in [-0.15, -0.1) is 0 Å². The van der Waals surface area contributed by atoms with Gasteiger partial charge >= 0.3 is 0 Å². The summed E-state index contributed by atoms with van der Waals surface area (Å²) in [5, 5.41) is 9.16. The number of benzene rings is 1. The fraction of sp³-hybridized carbons (Fsp3) is 0.526. The highest BCUT2D eigenvalue weighted by Gasteiger charge is 2.46. The SMILES string of the molecule is C[C@@H](NC(=O)[C@H]1C[C@@H]1c1nc2ccccc2[nH]1)C(=O)NC1CCNCC1. The number of carbonyl (C=O) groups is 2. The van der Waals surface area contributed by atoms with Crippen LogP contribution in [0.3, 0.4) is 0 Å². The summed E-state index contributed by atoms with van der Waals surface area (Å²) in [6, 6.07) is 7.54. The van der Waals surface area contributed by atoms with Crippen molar-refractivity contribution in [2.45, 2.75) is 44.2 Å². The molecule has 0 unspecified atom stereocenters. The summed E-state index contributed by atoms with van der Waals surface area (Å²) in [7, 11) is 0. The summed E-state index contributed by atoms with van der Waals surface area (Å²) in [6.07, 6.45) is 2.64. The van der Waals surface area contributed by atoms with Gasteiger partial charge in [0.1, 0.15) is 11.9 Å². The van der Waals surface area contributed by atoms with Crippen LogP contribution in [0.2, 0.25) is 0 Å². The zero-order valence-electron chi connectivity index (χ0n) is 14.9. The number of nitrogens with zero attached hydrogens (tertiary/aromatic N) is 1. The Hall–Kier alpha value is -2.41. The summed E-state index contributed by atoms with van der Waals surface area (Å²) >= 11 is 0. The van der Waals surface area contributed by atoms with Gasteiger partial charge in [0.15, 0.2) is 0 Å². The van der Waals surface area contributed by atoms with Crippen LogP contribution < -0.4 is 16.0 Å². The van der Waals surface area contributed by atoms with Crippen LogP contribution >= 0.6 is 0 Å². The molecule has 0 spiro atoms. The van der Waals surface area contributed by atoms with E-state index in [-0.39, 0.29) is 29.7 Å². The molecule has 2 aromatic rings. The highest BCUT2D eigenvalue weighted by molar-refractivity contribution is 5.90. The van der Waals surface area contributed by atoms with Gasteiger partial charge in [0, 0.05) is 17.9 Å². The van der Waals surface area contributed by atoms with E-state index in [1.165, 1.54) is 0 Å². The lowest BCUT2D eigenvalue weighted by Crippen LogP contribution is -2.50. The van der Waals surface area contributed by atoms with Crippen LogP contribution in [0.25, 0.3) is 11.0 Å². The molecule has 3 atom stereocenters. The zero-order valence-corrected chi connectivity index (χ0v) is 14.9. The van der Waals surface area contributed by atoms with E-state index in [0.717, 1.165) is 49.2 Å². The number of hydrogen-bond acceptors (Lipinski definition) is 4. The van der Waals surface area contributed by atoms with E-state index < -0.39 is 6.04 Å². The molecule has 4 rings (SSSR count). The molecule has 4 N–H and O–H groups in total. The van der Waals surface area contributed by atoms with Gasteiger partial charge in [0.05, 0.1) is 11.0 Å². The Morgan fingerprint density at radius 3 is 2.77 bits per heavy atom. The number of H-pyrrole nitrogens is 1. The van der Waals surface area contributed by atoms with Crippen molar-refractivity contribution in [2.75, 3.05) is 13.1 Å². The average molecular weight is 355 g/mol. The molecule has 1 saturated carbocycles. The summed E-state index contributed by atoms with van der Waals surface area (Å²) in [4.78, 5) is 32.6. The predicted molar refractivity (Wildman–Crippen MR) is 98.6 cm³/mol. The van der Waals surface area contributed by atoms with E-state index >= 15 is 0 Å². The average Bonchev–Trinajstić information content (AvgIpc) is 3.34. The zero-order chi connectivity index (χ0) is 18.1. The summed E-state index contributed by atoms with van der Waals surface area (Å²) in [5.41, 5.74) is 1.91. The van der Waals surface area contributed by atoms with E-state index in [1.54, 1.807) is 6.92 Å². The molecule has 1 aliphatic heterocycles. The van der Waals surface area contributed by atoms with Crippen LogP contribution in [0.5, 0.6) is 0 Å². The first kappa shape index (κ1) is 17.0. The number of rotatable bonds is 5. The molecule has 0 bridgehead atoms. The highest BCUT2D eigenvalue weighted by atomic mass is 16.2. The second-order valence-corrected chi connectivity index (χ2v) is 7.35. The van der Waals surface area contributed by atoms with Crippen molar-refractivity contribution in [3.8, 4) is 0 Å². The van der Waals surface area contributed by atoms with Crippen molar-refractivity contribution >= 4 is 22.8 Å². The van der Waals surface area contributed by atoms with Crippen LogP contribution in [0, 0.1) is 5.92 Å². The second-order valence-electron chi connectivity index (χ2n) is 7.35. The Bertz CT molecular complexity index is 778. The Morgan fingerprint density at radius 1 is 1.23 bits per heavy atom. The first-order chi connectivity index (χ1) is 12.6. The molecule has 2 fully saturated rings. The van der Waals surface area contributed by atoms with Gasteiger partial charge in [0.25, 0.3) is 0 Å². The fourth-order valence-corrected chi connectivity index (χ4v) is 3.61. The van der Waals surface area contributed by atoms with Gasteiger partial charge in [-0.1, -0.05) is 12.1 Å². The summed E-state index contributed by atoms with van der Waals surface area (Å²) in [5.74, 6) is 0.694. The number of hydrogen-bond donors (Lipinski definition) is 4. The maximum Gasteiger partial charge on any atom is 0.242 e. The smallest absolute Gasteiger partial charge is 0.242 e. The van der Waals surface area contributed by atoms with Crippen LogP contribution in [0.4, 0.5) is 0 Å². The van der Waals surface area contributed by atoms with Crippen molar-refractivity contribution in [3.63, 3.8) is 0 Å². The Kier molecular flexibility index (Phi) is 4.63. The summed E-state index contributed by atoms with van der Waals surface area (Å²) < 4.78 is 0. The van der Waals surface area contributed by atoms with Gasteiger partial charge in [-0.3, -0.25) is 9.59 Å². The standard InChI is InChI=1S/C19H25N5O2/c1-11(18(25)22-12-6-8-20-9-7-12)21-19(26)14-10-13(14)17-23-15-4-2-3-5-16(15)24-17/h2-5,11-14,20H,6-10H2,1H3,(H,21,26)(H,22,25)(H,23,24)/t11-,13+,14+/m1/s1. The maximum absolute atomic E-state index is 12.5. The van der Waals surface area contributed by atoms with Gasteiger partial charge in [-0.2, -0.15) is 0 Å². The molecule has 2 amide bonds. The quantitative estimate of drug-likeness (QED) is 0.644. The molecule has 1 aromatic heterocycles. The number of para-hydroxylation sites is 2. The molecule has 1 saturated heterocycles. The minimum atomic E-state index is -0.519. The number of amides is 2. The second kappa shape index (κ2) is 7.07. The van der Waals surface area contributed by atoms with Crippen molar-refractivity contribution < 1.29 is 9.59 Å². The monoisotopic (exact) mass is 355 g/mol. The minimum Gasteiger partial charge on any atom is -0.351 e. The van der Waals surface area contributed by atoms with Crippen molar-refractivity contribution in [1.29, 1.82) is 0 Å². The van der Waals surface area contributed by atoms with Crippen LogP contribution in [0.1, 0.15) is 37.9 Å². The normalized spacial score (nSPS) is 24.2. The van der Waals surface area contributed by atoms with Gasteiger partial charge in [-0.05, 0) is 51.4 Å². The number of imidazole rings is 1. The molecule has 138 valence electrons. The molecule has 7 heteroatoms. The Balaban J connectivity index is 1.30. The van der Waals surface area contributed by atoms with Crippen LogP contribution in [-0.2, 0) is 9.59 Å². The molecule has 2 aliphatic rings. The van der Waals surface area contributed by atoms with Crippen LogP contribution in [0.15, 0.2) is 24.3 Å². The van der Waals surface area contributed by atoms with Gasteiger partial charge in [-0.25, -0.2) is 4.98 Å². The third kappa shape index (κ3) is 3.58.